The summed E-state index contributed by atoms with van der Waals surface area (Å²) < 4.78 is 5.89. The molecule has 2 fully saturated rings. The van der Waals surface area contributed by atoms with Crippen molar-refractivity contribution in [1.82, 2.24) is 19.7 Å². The molecule has 0 aliphatic carbocycles. The quantitative estimate of drug-likeness (QED) is 0.512. The molecule has 2 saturated heterocycles. The molecule has 10 heteroatoms. The molecule has 2 aromatic rings. The first-order chi connectivity index (χ1) is 17.6. The lowest BCUT2D eigenvalue weighted by molar-refractivity contribution is -0.153. The molecule has 2 aliphatic rings. The van der Waals surface area contributed by atoms with Crippen molar-refractivity contribution < 1.29 is 23.9 Å². The highest BCUT2D eigenvalue weighted by molar-refractivity contribution is 6.07. The molecule has 0 unspecified atom stereocenters. The van der Waals surface area contributed by atoms with Gasteiger partial charge in [0.25, 0.3) is 5.91 Å². The molecule has 2 aliphatic heterocycles. The van der Waals surface area contributed by atoms with E-state index in [9.17, 15) is 19.2 Å². The molecule has 2 N–H and O–H groups in total. The van der Waals surface area contributed by atoms with Crippen molar-refractivity contribution in [2.75, 3.05) is 33.3 Å². The minimum atomic E-state index is -1.28. The van der Waals surface area contributed by atoms with Crippen LogP contribution in [-0.4, -0.2) is 82.3 Å². The number of primary amides is 1. The van der Waals surface area contributed by atoms with Gasteiger partial charge in [0, 0.05) is 38.4 Å². The van der Waals surface area contributed by atoms with E-state index in [1.165, 1.54) is 11.9 Å². The Morgan fingerprint density at radius 1 is 1.11 bits per heavy atom. The number of rotatable bonds is 9. The summed E-state index contributed by atoms with van der Waals surface area (Å²) in [4.78, 5) is 61.2. The van der Waals surface area contributed by atoms with Crippen LogP contribution in [0.15, 0.2) is 54.7 Å². The molecule has 2 atom stereocenters. The average molecular weight is 508 g/mol. The number of benzene rings is 1. The number of nitrogens with zero attached hydrogens (tertiary/aromatic N) is 4. The molecule has 1 aromatic heterocycles. The monoisotopic (exact) mass is 507 g/mol. The standard InChI is InChI=1S/C27H33N5O5/c1-26(2,23(28)34)21(17-37-16-19-9-5-4-6-10-19)22(33)31-13-14-32-25(36)30(3)24(35)27(32,18-31)15-20-11-7-8-12-29-20/h4-12,21H,13-18H2,1-3H3,(H2,28,34)/t21-,27-/m1/s1. The van der Waals surface area contributed by atoms with Crippen LogP contribution in [0.2, 0.25) is 0 Å². The van der Waals surface area contributed by atoms with Gasteiger partial charge in [0.1, 0.15) is 5.54 Å². The summed E-state index contributed by atoms with van der Waals surface area (Å²) >= 11 is 0. The van der Waals surface area contributed by atoms with E-state index < -0.39 is 28.8 Å². The van der Waals surface area contributed by atoms with Crippen LogP contribution in [0.5, 0.6) is 0 Å². The SMILES string of the molecule is CN1C(=O)N2CCN(C(=O)[C@@H](COCc3ccccc3)C(C)(C)C(N)=O)C[C@]2(Cc2ccccn2)C1=O. The number of hydrogen-bond donors (Lipinski definition) is 1. The van der Waals surface area contributed by atoms with Crippen LogP contribution in [0.25, 0.3) is 0 Å². The molecule has 10 nitrogen and oxygen atoms in total. The van der Waals surface area contributed by atoms with Gasteiger partial charge in [0.15, 0.2) is 0 Å². The third-order valence-electron chi connectivity index (χ3n) is 7.49. The highest BCUT2D eigenvalue weighted by atomic mass is 16.5. The molecule has 0 saturated carbocycles. The Bertz CT molecular complexity index is 1170. The smallest absolute Gasteiger partial charge is 0.327 e. The summed E-state index contributed by atoms with van der Waals surface area (Å²) in [6.07, 6.45) is 1.80. The Balaban J connectivity index is 1.60. The summed E-state index contributed by atoms with van der Waals surface area (Å²) in [6, 6.07) is 14.5. The first kappa shape index (κ1) is 26.3. The highest BCUT2D eigenvalue weighted by Gasteiger charge is 2.59. The number of urea groups is 1. The van der Waals surface area contributed by atoms with Crippen LogP contribution in [0.1, 0.15) is 25.1 Å². The predicted octanol–water partition coefficient (Wildman–Crippen LogP) is 1.44. The third kappa shape index (κ3) is 4.93. The minimum absolute atomic E-state index is 0.0126. The maximum Gasteiger partial charge on any atom is 0.327 e. The van der Waals surface area contributed by atoms with E-state index in [0.29, 0.717) is 5.69 Å². The molecule has 1 aromatic carbocycles. The number of carbonyl (C=O) groups excluding carboxylic acids is 4. The second-order valence-corrected chi connectivity index (χ2v) is 10.2. The van der Waals surface area contributed by atoms with Crippen LogP contribution in [0.4, 0.5) is 4.79 Å². The number of piperazine rings is 1. The van der Waals surface area contributed by atoms with Crippen LogP contribution < -0.4 is 5.73 Å². The number of amides is 5. The molecular formula is C27H33N5O5. The topological polar surface area (TPSA) is 126 Å². The van der Waals surface area contributed by atoms with Gasteiger partial charge in [-0.3, -0.25) is 24.3 Å². The second kappa shape index (κ2) is 10.3. The Kier molecular flexibility index (Phi) is 7.31. The van der Waals surface area contributed by atoms with Crippen molar-refractivity contribution in [2.45, 2.75) is 32.4 Å². The van der Waals surface area contributed by atoms with Gasteiger partial charge in [-0.2, -0.15) is 0 Å². The zero-order chi connectivity index (χ0) is 26.8. The number of imide groups is 1. The van der Waals surface area contributed by atoms with Crippen molar-refractivity contribution in [1.29, 1.82) is 0 Å². The van der Waals surface area contributed by atoms with Gasteiger partial charge in [0.2, 0.25) is 11.8 Å². The Morgan fingerprint density at radius 2 is 1.81 bits per heavy atom. The van der Waals surface area contributed by atoms with Gasteiger partial charge in [0.05, 0.1) is 31.1 Å². The van der Waals surface area contributed by atoms with Crippen molar-refractivity contribution in [3.05, 3.63) is 66.0 Å². The number of hydrogen-bond acceptors (Lipinski definition) is 6. The van der Waals surface area contributed by atoms with E-state index in [4.69, 9.17) is 10.5 Å². The number of aromatic nitrogens is 1. The van der Waals surface area contributed by atoms with Crippen LogP contribution in [-0.2, 0) is 32.1 Å². The van der Waals surface area contributed by atoms with E-state index >= 15 is 0 Å². The zero-order valence-electron chi connectivity index (χ0n) is 21.4. The molecule has 0 bridgehead atoms. The normalized spacial score (nSPS) is 20.7. The number of fused-ring (bicyclic) bond motifs is 1. The summed E-state index contributed by atoms with van der Waals surface area (Å²) in [6.45, 7) is 3.89. The molecule has 5 amide bonds. The van der Waals surface area contributed by atoms with Gasteiger partial charge in [-0.25, -0.2) is 4.79 Å². The van der Waals surface area contributed by atoms with Crippen molar-refractivity contribution in [2.24, 2.45) is 17.1 Å². The lowest BCUT2D eigenvalue weighted by Crippen LogP contribution is -2.66. The Labute approximate surface area is 216 Å². The highest BCUT2D eigenvalue weighted by Crippen LogP contribution is 2.36. The van der Waals surface area contributed by atoms with E-state index in [1.807, 2.05) is 36.4 Å². The van der Waals surface area contributed by atoms with Gasteiger partial charge in [-0.05, 0) is 17.7 Å². The Morgan fingerprint density at radius 3 is 2.46 bits per heavy atom. The van der Waals surface area contributed by atoms with E-state index in [0.717, 1.165) is 10.5 Å². The molecular weight excluding hydrogens is 474 g/mol. The largest absolute Gasteiger partial charge is 0.376 e. The van der Waals surface area contributed by atoms with Gasteiger partial charge < -0.3 is 20.3 Å². The summed E-state index contributed by atoms with van der Waals surface area (Å²) in [5.74, 6) is -2.22. The number of carbonyl (C=O) groups is 4. The fraction of sp³-hybridized carbons (Fsp3) is 0.444. The average Bonchev–Trinajstić information content (AvgIpc) is 3.07. The maximum atomic E-state index is 13.9. The molecule has 0 radical (unpaired) electrons. The second-order valence-electron chi connectivity index (χ2n) is 10.2. The van der Waals surface area contributed by atoms with Gasteiger partial charge in [-0.1, -0.05) is 50.2 Å². The lowest BCUT2D eigenvalue weighted by atomic mass is 9.77. The van der Waals surface area contributed by atoms with Gasteiger partial charge >= 0.3 is 6.03 Å². The molecule has 196 valence electrons. The van der Waals surface area contributed by atoms with E-state index in [2.05, 4.69) is 4.98 Å². The van der Waals surface area contributed by atoms with E-state index in [1.54, 1.807) is 37.1 Å². The van der Waals surface area contributed by atoms with Crippen molar-refractivity contribution in [3.63, 3.8) is 0 Å². The Hall–Kier alpha value is -3.79. The van der Waals surface area contributed by atoms with Crippen molar-refractivity contribution in [3.8, 4) is 0 Å². The maximum absolute atomic E-state index is 13.9. The molecule has 37 heavy (non-hydrogen) atoms. The number of ether oxygens (including phenoxy) is 1. The van der Waals surface area contributed by atoms with Crippen LogP contribution in [0.3, 0.4) is 0 Å². The number of nitrogens with two attached hydrogens (primary N) is 1. The zero-order valence-corrected chi connectivity index (χ0v) is 21.4. The van der Waals surface area contributed by atoms with Crippen molar-refractivity contribution >= 4 is 23.8 Å². The van der Waals surface area contributed by atoms with E-state index in [-0.39, 0.29) is 51.1 Å². The molecule has 4 rings (SSSR count). The molecule has 0 spiro atoms. The minimum Gasteiger partial charge on any atom is -0.376 e. The molecule has 3 heterocycles. The fourth-order valence-electron chi connectivity index (χ4n) is 5.02. The third-order valence-corrected chi connectivity index (χ3v) is 7.49. The summed E-state index contributed by atoms with van der Waals surface area (Å²) in [7, 11) is 1.45. The number of likely N-dealkylation sites (N-methyl/N-ethyl adjacent to an activating group) is 1. The summed E-state index contributed by atoms with van der Waals surface area (Å²) in [5, 5.41) is 0. The number of pyridine rings is 1. The summed E-state index contributed by atoms with van der Waals surface area (Å²) in [5.41, 5.74) is 4.80. The predicted molar refractivity (Wildman–Crippen MR) is 135 cm³/mol. The van der Waals surface area contributed by atoms with Gasteiger partial charge in [-0.15, -0.1) is 0 Å². The first-order valence-electron chi connectivity index (χ1n) is 12.3. The first-order valence-corrected chi connectivity index (χ1v) is 12.3. The lowest BCUT2D eigenvalue weighted by Gasteiger charge is -2.46. The van der Waals surface area contributed by atoms with Crippen LogP contribution in [0, 0.1) is 11.3 Å². The van der Waals surface area contributed by atoms with Crippen LogP contribution >= 0.6 is 0 Å². The fourth-order valence-corrected chi connectivity index (χ4v) is 5.02.